The number of fused-ring (bicyclic) bond motifs is 1. The van der Waals surface area contributed by atoms with E-state index in [0.717, 1.165) is 11.0 Å². The Labute approximate surface area is 102 Å². The maximum atomic E-state index is 11.1. The molecule has 1 aromatic carbocycles. The summed E-state index contributed by atoms with van der Waals surface area (Å²) in [5.41, 5.74) is 3.36. The standard InChI is InChI=1S/C11H14N2OS2/c1-8-4-3-5-9-10(8)13(11(15)12-9)6-7-16(2)14/h3-5H,6-7H2,1-2H3,(H,12,15). The number of hydrogen-bond donors (Lipinski definition) is 1. The fraction of sp³-hybridized carbons (Fsp3) is 0.364. The molecule has 3 nitrogen and oxygen atoms in total. The molecule has 0 fully saturated rings. The van der Waals surface area contributed by atoms with Gasteiger partial charge in [0.15, 0.2) is 4.77 Å². The van der Waals surface area contributed by atoms with Gasteiger partial charge in [-0.15, -0.1) is 0 Å². The van der Waals surface area contributed by atoms with E-state index in [2.05, 4.69) is 18.0 Å². The normalized spacial score (nSPS) is 13.1. The highest BCUT2D eigenvalue weighted by molar-refractivity contribution is 7.84. The molecule has 0 amide bonds. The van der Waals surface area contributed by atoms with Gasteiger partial charge in [0.1, 0.15) is 0 Å². The maximum absolute atomic E-state index is 11.1. The minimum atomic E-state index is -0.789. The van der Waals surface area contributed by atoms with Crippen molar-refractivity contribution in [1.29, 1.82) is 0 Å². The summed E-state index contributed by atoms with van der Waals surface area (Å²) in [6.07, 6.45) is 1.71. The van der Waals surface area contributed by atoms with Crippen LogP contribution < -0.4 is 0 Å². The van der Waals surface area contributed by atoms with Crippen LogP contribution in [0.1, 0.15) is 5.56 Å². The van der Waals surface area contributed by atoms with Crippen LogP contribution in [-0.2, 0) is 17.3 Å². The molecule has 0 saturated heterocycles. The number of benzene rings is 1. The van der Waals surface area contributed by atoms with Crippen LogP contribution in [0, 0.1) is 11.7 Å². The van der Waals surface area contributed by atoms with Crippen molar-refractivity contribution in [3.8, 4) is 0 Å². The van der Waals surface area contributed by atoms with Crippen molar-refractivity contribution in [1.82, 2.24) is 9.55 Å². The van der Waals surface area contributed by atoms with Gasteiger partial charge in [0.25, 0.3) is 0 Å². The molecular formula is C11H14N2OS2. The van der Waals surface area contributed by atoms with Crippen molar-refractivity contribution in [2.45, 2.75) is 13.5 Å². The summed E-state index contributed by atoms with van der Waals surface area (Å²) >= 11 is 5.27. The van der Waals surface area contributed by atoms with E-state index in [1.54, 1.807) is 6.26 Å². The summed E-state index contributed by atoms with van der Waals surface area (Å²) < 4.78 is 13.9. The number of aromatic amines is 1. The van der Waals surface area contributed by atoms with Crippen LogP contribution in [-0.4, -0.2) is 25.8 Å². The third-order valence-electron chi connectivity index (χ3n) is 2.60. The molecule has 0 aliphatic heterocycles. The number of imidazole rings is 1. The number of rotatable bonds is 3. The Bertz CT molecular complexity index is 598. The van der Waals surface area contributed by atoms with Crippen LogP contribution in [0.25, 0.3) is 11.0 Å². The second-order valence-corrected chi connectivity index (χ2v) is 5.77. The van der Waals surface area contributed by atoms with Crippen LogP contribution in [0.3, 0.4) is 0 Å². The van der Waals surface area contributed by atoms with Gasteiger partial charge in [-0.3, -0.25) is 4.21 Å². The maximum Gasteiger partial charge on any atom is 0.178 e. The first-order valence-electron chi connectivity index (χ1n) is 5.08. The SMILES string of the molecule is Cc1cccc2[nH]c(=S)n(CCS(C)=O)c12. The lowest BCUT2D eigenvalue weighted by Crippen LogP contribution is -2.06. The van der Waals surface area contributed by atoms with Gasteiger partial charge in [0.05, 0.1) is 11.0 Å². The third kappa shape index (κ3) is 2.10. The smallest absolute Gasteiger partial charge is 0.178 e. The molecule has 0 aliphatic rings. The van der Waals surface area contributed by atoms with Gasteiger partial charge in [-0.05, 0) is 30.8 Å². The number of hydrogen-bond acceptors (Lipinski definition) is 2. The Morgan fingerprint density at radius 3 is 2.94 bits per heavy atom. The van der Waals surface area contributed by atoms with Crippen molar-refractivity contribution in [3.05, 3.63) is 28.5 Å². The second kappa shape index (κ2) is 4.51. The Morgan fingerprint density at radius 1 is 1.50 bits per heavy atom. The predicted octanol–water partition coefficient (Wildman–Crippen LogP) is 2.39. The summed E-state index contributed by atoms with van der Waals surface area (Å²) in [5, 5.41) is 0. The number of para-hydroxylation sites is 1. The zero-order chi connectivity index (χ0) is 11.7. The molecule has 0 radical (unpaired) electrons. The Morgan fingerprint density at radius 2 is 2.25 bits per heavy atom. The molecule has 1 aromatic heterocycles. The van der Waals surface area contributed by atoms with Crippen molar-refractivity contribution < 1.29 is 4.21 Å². The van der Waals surface area contributed by atoms with Gasteiger partial charge in [0, 0.05) is 29.4 Å². The summed E-state index contributed by atoms with van der Waals surface area (Å²) in [6.45, 7) is 2.76. The van der Waals surface area contributed by atoms with E-state index in [1.165, 1.54) is 5.56 Å². The van der Waals surface area contributed by atoms with E-state index in [1.807, 2.05) is 16.7 Å². The zero-order valence-electron chi connectivity index (χ0n) is 9.32. The molecule has 1 heterocycles. The molecule has 0 aliphatic carbocycles. The molecule has 0 saturated carbocycles. The van der Waals surface area contributed by atoms with Crippen LogP contribution >= 0.6 is 12.2 Å². The highest BCUT2D eigenvalue weighted by Gasteiger charge is 2.06. The van der Waals surface area contributed by atoms with Crippen LogP contribution in [0.15, 0.2) is 18.2 Å². The predicted molar refractivity (Wildman–Crippen MR) is 70.8 cm³/mol. The van der Waals surface area contributed by atoms with Crippen molar-refractivity contribution in [2.75, 3.05) is 12.0 Å². The monoisotopic (exact) mass is 254 g/mol. The highest BCUT2D eigenvalue weighted by atomic mass is 32.2. The van der Waals surface area contributed by atoms with E-state index in [9.17, 15) is 4.21 Å². The molecule has 2 aromatic rings. The molecule has 5 heteroatoms. The summed E-state index contributed by atoms with van der Waals surface area (Å²) in [6, 6.07) is 6.08. The molecule has 16 heavy (non-hydrogen) atoms. The molecule has 2 rings (SSSR count). The van der Waals surface area contributed by atoms with Gasteiger partial charge in [0.2, 0.25) is 0 Å². The number of nitrogens with one attached hydrogen (secondary N) is 1. The van der Waals surface area contributed by atoms with E-state index < -0.39 is 10.8 Å². The molecule has 0 bridgehead atoms. The van der Waals surface area contributed by atoms with E-state index in [-0.39, 0.29) is 0 Å². The largest absolute Gasteiger partial charge is 0.331 e. The second-order valence-electron chi connectivity index (χ2n) is 3.83. The first kappa shape index (κ1) is 11.5. The van der Waals surface area contributed by atoms with Crippen molar-refractivity contribution in [3.63, 3.8) is 0 Å². The number of aromatic nitrogens is 2. The summed E-state index contributed by atoms with van der Waals surface area (Å²) in [4.78, 5) is 3.17. The lowest BCUT2D eigenvalue weighted by molar-refractivity contribution is 0.678. The topological polar surface area (TPSA) is 37.8 Å². The summed E-state index contributed by atoms with van der Waals surface area (Å²) in [7, 11) is -0.789. The van der Waals surface area contributed by atoms with Crippen LogP contribution in [0.2, 0.25) is 0 Å². The van der Waals surface area contributed by atoms with Gasteiger partial charge in [-0.25, -0.2) is 0 Å². The third-order valence-corrected chi connectivity index (χ3v) is 3.68. The highest BCUT2D eigenvalue weighted by Crippen LogP contribution is 2.18. The molecule has 0 spiro atoms. The molecule has 1 unspecified atom stereocenters. The molecule has 1 atom stereocenters. The average molecular weight is 254 g/mol. The Balaban J connectivity index is 2.55. The summed E-state index contributed by atoms with van der Waals surface area (Å²) in [5.74, 6) is 0.635. The Kier molecular flexibility index (Phi) is 3.25. The van der Waals surface area contributed by atoms with Gasteiger partial charge >= 0.3 is 0 Å². The van der Waals surface area contributed by atoms with E-state index >= 15 is 0 Å². The van der Waals surface area contributed by atoms with Crippen molar-refractivity contribution in [2.24, 2.45) is 0 Å². The van der Waals surface area contributed by atoms with E-state index in [4.69, 9.17) is 12.2 Å². The average Bonchev–Trinajstić information content (AvgIpc) is 2.52. The van der Waals surface area contributed by atoms with Gasteiger partial charge < -0.3 is 9.55 Å². The molecule has 1 N–H and O–H groups in total. The van der Waals surface area contributed by atoms with Gasteiger partial charge in [-0.2, -0.15) is 0 Å². The minimum Gasteiger partial charge on any atom is -0.331 e. The first-order chi connectivity index (χ1) is 7.59. The van der Waals surface area contributed by atoms with E-state index in [0.29, 0.717) is 17.1 Å². The molecule has 86 valence electrons. The number of H-pyrrole nitrogens is 1. The van der Waals surface area contributed by atoms with Crippen LogP contribution in [0.4, 0.5) is 0 Å². The minimum absolute atomic E-state index is 0.635. The number of aryl methyl sites for hydroxylation is 2. The van der Waals surface area contributed by atoms with Crippen LogP contribution in [0.5, 0.6) is 0 Å². The zero-order valence-corrected chi connectivity index (χ0v) is 11.0. The fourth-order valence-corrected chi connectivity index (χ4v) is 2.57. The quantitative estimate of drug-likeness (QED) is 0.854. The molecular weight excluding hydrogens is 240 g/mol. The lowest BCUT2D eigenvalue weighted by atomic mass is 10.2. The lowest BCUT2D eigenvalue weighted by Gasteiger charge is -2.04. The van der Waals surface area contributed by atoms with Gasteiger partial charge in [-0.1, -0.05) is 12.1 Å². The van der Waals surface area contributed by atoms with Crippen molar-refractivity contribution >= 4 is 34.1 Å². The Hall–Kier alpha value is -0.940. The first-order valence-corrected chi connectivity index (χ1v) is 7.21. The number of nitrogens with zero attached hydrogens (tertiary/aromatic N) is 1. The fourth-order valence-electron chi connectivity index (χ4n) is 1.84.